The molecular weight excluding hydrogens is 314 g/mol. The molecule has 1 amide bonds. The fraction of sp³-hybridized carbons (Fsp3) is 0.316. The third-order valence-electron chi connectivity index (χ3n) is 3.68. The Balaban J connectivity index is 1.76. The number of aryl methyl sites for hydroxylation is 1. The minimum atomic E-state index is -0.0860. The van der Waals surface area contributed by atoms with Crippen molar-refractivity contribution in [1.82, 2.24) is 15.6 Å². The van der Waals surface area contributed by atoms with Gasteiger partial charge in [0.05, 0.1) is 6.04 Å². The van der Waals surface area contributed by atoms with Crippen molar-refractivity contribution in [2.45, 2.75) is 26.3 Å². The average molecular weight is 339 g/mol. The van der Waals surface area contributed by atoms with Crippen LogP contribution in [-0.4, -0.2) is 30.4 Å². The highest BCUT2D eigenvalue weighted by molar-refractivity contribution is 5.90. The number of guanidine groups is 1. The molecule has 0 aliphatic rings. The molecule has 0 saturated heterocycles. The Hall–Kier alpha value is -2.89. The molecule has 2 aromatic rings. The summed E-state index contributed by atoms with van der Waals surface area (Å²) in [6.45, 7) is 4.44. The molecule has 0 saturated carbocycles. The van der Waals surface area contributed by atoms with Crippen LogP contribution in [0.1, 0.15) is 30.6 Å². The molecule has 6 heteroatoms. The van der Waals surface area contributed by atoms with Crippen molar-refractivity contribution in [1.29, 1.82) is 0 Å². The predicted octanol–water partition coefficient (Wildman–Crippen LogP) is 2.64. The number of benzene rings is 1. The largest absolute Gasteiger partial charge is 0.356 e. The SMILES string of the molecule is CN=C(NCCC(=O)Nc1cccc(C)n1)NC(C)c1ccccc1. The molecule has 0 spiro atoms. The van der Waals surface area contributed by atoms with Gasteiger partial charge in [0.15, 0.2) is 5.96 Å². The van der Waals surface area contributed by atoms with E-state index in [0.717, 1.165) is 5.69 Å². The number of aliphatic imine (C=N–C) groups is 1. The number of carbonyl (C=O) groups is 1. The number of aromatic nitrogens is 1. The Morgan fingerprint density at radius 3 is 2.60 bits per heavy atom. The first-order chi connectivity index (χ1) is 12.1. The molecule has 0 aliphatic carbocycles. The van der Waals surface area contributed by atoms with Crippen molar-refractivity contribution in [3.63, 3.8) is 0 Å². The van der Waals surface area contributed by atoms with Crippen LogP contribution in [0, 0.1) is 6.92 Å². The van der Waals surface area contributed by atoms with Gasteiger partial charge in [-0.1, -0.05) is 36.4 Å². The lowest BCUT2D eigenvalue weighted by Gasteiger charge is -2.18. The topological polar surface area (TPSA) is 78.4 Å². The first-order valence-corrected chi connectivity index (χ1v) is 8.34. The summed E-state index contributed by atoms with van der Waals surface area (Å²) in [5.41, 5.74) is 2.05. The van der Waals surface area contributed by atoms with Gasteiger partial charge in [-0.25, -0.2) is 4.98 Å². The van der Waals surface area contributed by atoms with Crippen LogP contribution in [0.4, 0.5) is 5.82 Å². The maximum Gasteiger partial charge on any atom is 0.227 e. The van der Waals surface area contributed by atoms with Crippen LogP contribution in [0.3, 0.4) is 0 Å². The average Bonchev–Trinajstić information content (AvgIpc) is 2.61. The molecule has 0 radical (unpaired) electrons. The lowest BCUT2D eigenvalue weighted by molar-refractivity contribution is -0.116. The maximum atomic E-state index is 12.0. The van der Waals surface area contributed by atoms with Crippen molar-refractivity contribution < 1.29 is 4.79 Å². The minimum absolute atomic E-state index is 0.0860. The highest BCUT2D eigenvalue weighted by atomic mass is 16.1. The Kier molecular flexibility index (Phi) is 6.95. The number of hydrogen-bond donors (Lipinski definition) is 3. The Morgan fingerprint density at radius 1 is 1.16 bits per heavy atom. The number of amides is 1. The zero-order valence-electron chi connectivity index (χ0n) is 14.9. The van der Waals surface area contributed by atoms with Gasteiger partial charge in [0, 0.05) is 25.7 Å². The minimum Gasteiger partial charge on any atom is -0.356 e. The Labute approximate surface area is 148 Å². The van der Waals surface area contributed by atoms with E-state index < -0.39 is 0 Å². The number of pyridine rings is 1. The van der Waals surface area contributed by atoms with Crippen LogP contribution in [-0.2, 0) is 4.79 Å². The molecule has 2 rings (SSSR count). The van der Waals surface area contributed by atoms with Crippen molar-refractivity contribution >= 4 is 17.7 Å². The van der Waals surface area contributed by atoms with Gasteiger partial charge in [0.25, 0.3) is 0 Å². The van der Waals surface area contributed by atoms with E-state index in [0.29, 0.717) is 24.7 Å². The zero-order chi connectivity index (χ0) is 18.1. The van der Waals surface area contributed by atoms with E-state index in [9.17, 15) is 4.79 Å². The smallest absolute Gasteiger partial charge is 0.227 e. The quantitative estimate of drug-likeness (QED) is 0.558. The molecule has 1 aromatic heterocycles. The van der Waals surface area contributed by atoms with E-state index in [4.69, 9.17) is 0 Å². The molecule has 25 heavy (non-hydrogen) atoms. The van der Waals surface area contributed by atoms with Crippen molar-refractivity contribution in [3.05, 3.63) is 59.8 Å². The summed E-state index contributed by atoms with van der Waals surface area (Å²) in [4.78, 5) is 20.4. The molecule has 1 heterocycles. The summed E-state index contributed by atoms with van der Waals surface area (Å²) in [7, 11) is 1.71. The highest BCUT2D eigenvalue weighted by Crippen LogP contribution is 2.10. The van der Waals surface area contributed by atoms with E-state index >= 15 is 0 Å². The second-order valence-electron chi connectivity index (χ2n) is 5.74. The van der Waals surface area contributed by atoms with Gasteiger partial charge in [-0.05, 0) is 31.5 Å². The first kappa shape index (κ1) is 18.4. The van der Waals surface area contributed by atoms with Gasteiger partial charge < -0.3 is 16.0 Å². The zero-order valence-corrected chi connectivity index (χ0v) is 14.9. The van der Waals surface area contributed by atoms with Gasteiger partial charge in [0.1, 0.15) is 5.82 Å². The lowest BCUT2D eigenvalue weighted by atomic mass is 10.1. The molecule has 1 unspecified atom stereocenters. The molecule has 132 valence electrons. The fourth-order valence-electron chi connectivity index (χ4n) is 2.34. The Bertz CT molecular complexity index is 715. The van der Waals surface area contributed by atoms with Gasteiger partial charge in [-0.3, -0.25) is 9.79 Å². The second kappa shape index (κ2) is 9.42. The maximum absolute atomic E-state index is 12.0. The number of hydrogen-bond acceptors (Lipinski definition) is 3. The number of anilines is 1. The van der Waals surface area contributed by atoms with E-state index in [1.54, 1.807) is 13.1 Å². The number of nitrogens with zero attached hydrogens (tertiary/aromatic N) is 2. The van der Waals surface area contributed by atoms with Crippen molar-refractivity contribution in [2.75, 3.05) is 18.9 Å². The summed E-state index contributed by atoms with van der Waals surface area (Å²) in [5.74, 6) is 1.15. The molecule has 1 aromatic carbocycles. The van der Waals surface area contributed by atoms with E-state index in [1.165, 1.54) is 5.56 Å². The molecule has 0 aliphatic heterocycles. The Morgan fingerprint density at radius 2 is 1.92 bits per heavy atom. The first-order valence-electron chi connectivity index (χ1n) is 8.34. The van der Waals surface area contributed by atoms with Crippen LogP contribution >= 0.6 is 0 Å². The summed E-state index contributed by atoms with van der Waals surface area (Å²) in [6, 6.07) is 15.8. The van der Waals surface area contributed by atoms with Gasteiger partial charge in [-0.15, -0.1) is 0 Å². The number of nitrogens with one attached hydrogen (secondary N) is 3. The number of rotatable bonds is 6. The third kappa shape index (κ3) is 6.25. The van der Waals surface area contributed by atoms with Gasteiger partial charge >= 0.3 is 0 Å². The third-order valence-corrected chi connectivity index (χ3v) is 3.68. The highest BCUT2D eigenvalue weighted by Gasteiger charge is 2.08. The molecule has 1 atom stereocenters. The van der Waals surface area contributed by atoms with Gasteiger partial charge in [-0.2, -0.15) is 0 Å². The van der Waals surface area contributed by atoms with Crippen LogP contribution in [0.15, 0.2) is 53.5 Å². The molecule has 0 bridgehead atoms. The van der Waals surface area contributed by atoms with Crippen LogP contribution in [0.5, 0.6) is 0 Å². The van der Waals surface area contributed by atoms with E-state index in [-0.39, 0.29) is 11.9 Å². The standard InChI is InChI=1S/C19H25N5O/c1-14-8-7-11-17(22-14)24-18(25)12-13-21-19(20-3)23-15(2)16-9-5-4-6-10-16/h4-11,15H,12-13H2,1-3H3,(H2,20,21,23)(H,22,24,25). The lowest BCUT2D eigenvalue weighted by Crippen LogP contribution is -2.39. The fourth-order valence-corrected chi connectivity index (χ4v) is 2.34. The normalized spacial score (nSPS) is 12.4. The van der Waals surface area contributed by atoms with E-state index in [1.807, 2.05) is 37.3 Å². The summed E-state index contributed by atoms with van der Waals surface area (Å²) >= 11 is 0. The second-order valence-corrected chi connectivity index (χ2v) is 5.74. The van der Waals surface area contributed by atoms with Crippen molar-refractivity contribution in [2.24, 2.45) is 4.99 Å². The summed E-state index contributed by atoms with van der Waals surface area (Å²) in [5, 5.41) is 9.26. The molecule has 0 fully saturated rings. The summed E-state index contributed by atoms with van der Waals surface area (Å²) in [6.07, 6.45) is 0.329. The molecule has 3 N–H and O–H groups in total. The molecular formula is C19H25N5O. The number of carbonyl (C=O) groups excluding carboxylic acids is 1. The van der Waals surface area contributed by atoms with Gasteiger partial charge in [0.2, 0.25) is 5.91 Å². The monoisotopic (exact) mass is 339 g/mol. The summed E-state index contributed by atoms with van der Waals surface area (Å²) < 4.78 is 0. The van der Waals surface area contributed by atoms with Crippen LogP contribution < -0.4 is 16.0 Å². The molecule has 6 nitrogen and oxygen atoms in total. The van der Waals surface area contributed by atoms with Crippen LogP contribution in [0.25, 0.3) is 0 Å². The van der Waals surface area contributed by atoms with Crippen molar-refractivity contribution in [3.8, 4) is 0 Å². The predicted molar refractivity (Wildman–Crippen MR) is 102 cm³/mol. The van der Waals surface area contributed by atoms with Crippen LogP contribution in [0.2, 0.25) is 0 Å². The van der Waals surface area contributed by atoms with E-state index in [2.05, 4.69) is 45.0 Å².